The molecule has 1 aromatic carbocycles. The summed E-state index contributed by atoms with van der Waals surface area (Å²) < 4.78 is 0. The molecule has 5 heteroatoms. The van der Waals surface area contributed by atoms with Crippen LogP contribution in [0.4, 0.5) is 0 Å². The van der Waals surface area contributed by atoms with Crippen molar-refractivity contribution in [2.75, 3.05) is 66.5 Å². The average Bonchev–Trinajstić information content (AvgIpc) is 3.15. The lowest BCUT2D eigenvalue weighted by Gasteiger charge is -2.34. The summed E-state index contributed by atoms with van der Waals surface area (Å²) in [7, 11) is 4.12. The van der Waals surface area contributed by atoms with Gasteiger partial charge in [0.1, 0.15) is 0 Å². The van der Waals surface area contributed by atoms with Gasteiger partial charge in [-0.05, 0) is 24.9 Å². The Kier molecular flexibility index (Phi) is 6.92. The van der Waals surface area contributed by atoms with Crippen molar-refractivity contribution in [3.63, 3.8) is 0 Å². The minimum atomic E-state index is 0.623. The molecule has 2 aliphatic heterocycles. The Bertz CT molecular complexity index is 565. The molecule has 0 aliphatic carbocycles. The summed E-state index contributed by atoms with van der Waals surface area (Å²) in [6.45, 7) is 11.4. The molecular formula is C21H35N5. The summed E-state index contributed by atoms with van der Waals surface area (Å²) in [4.78, 5) is 12.0. The maximum absolute atomic E-state index is 4.54. The van der Waals surface area contributed by atoms with Crippen molar-refractivity contribution in [2.24, 2.45) is 10.9 Å². The van der Waals surface area contributed by atoms with E-state index >= 15 is 0 Å². The molecule has 3 rings (SSSR count). The fourth-order valence-electron chi connectivity index (χ4n) is 4.08. The normalized spacial score (nSPS) is 24.0. The first-order chi connectivity index (χ1) is 12.7. The fraction of sp³-hybridized carbons (Fsp3) is 0.667. The molecule has 26 heavy (non-hydrogen) atoms. The van der Waals surface area contributed by atoms with E-state index in [-0.39, 0.29) is 0 Å². The largest absolute Gasteiger partial charge is 0.356 e. The van der Waals surface area contributed by atoms with Crippen molar-refractivity contribution >= 4 is 5.96 Å². The summed E-state index contributed by atoms with van der Waals surface area (Å²) in [5.74, 6) is 2.31. The molecule has 0 aromatic heterocycles. The highest BCUT2D eigenvalue weighted by Gasteiger charge is 2.26. The summed E-state index contributed by atoms with van der Waals surface area (Å²) in [5, 5.41) is 3.62. The van der Waals surface area contributed by atoms with Gasteiger partial charge in [0.2, 0.25) is 0 Å². The third kappa shape index (κ3) is 5.21. The Labute approximate surface area is 159 Å². The Morgan fingerprint density at radius 3 is 2.58 bits per heavy atom. The van der Waals surface area contributed by atoms with Crippen molar-refractivity contribution in [3.8, 4) is 0 Å². The van der Waals surface area contributed by atoms with Crippen molar-refractivity contribution in [1.82, 2.24) is 20.0 Å². The number of aliphatic imine (C=N–C) groups is 1. The molecule has 0 bridgehead atoms. The minimum Gasteiger partial charge on any atom is -0.356 e. The van der Waals surface area contributed by atoms with Crippen LogP contribution in [-0.2, 0) is 0 Å². The molecule has 0 radical (unpaired) electrons. The highest BCUT2D eigenvalue weighted by molar-refractivity contribution is 5.80. The quantitative estimate of drug-likeness (QED) is 0.645. The molecule has 1 N–H and O–H groups in total. The molecular weight excluding hydrogens is 322 g/mol. The van der Waals surface area contributed by atoms with Crippen molar-refractivity contribution in [2.45, 2.75) is 19.3 Å². The van der Waals surface area contributed by atoms with Gasteiger partial charge in [-0.25, -0.2) is 0 Å². The first kappa shape index (κ1) is 19.2. The molecule has 2 atom stereocenters. The van der Waals surface area contributed by atoms with Gasteiger partial charge in [-0.1, -0.05) is 37.3 Å². The van der Waals surface area contributed by atoms with Gasteiger partial charge >= 0.3 is 0 Å². The summed E-state index contributed by atoms with van der Waals surface area (Å²) in [6.07, 6.45) is 1.21. The van der Waals surface area contributed by atoms with Gasteiger partial charge in [0.25, 0.3) is 0 Å². The topological polar surface area (TPSA) is 34.1 Å². The van der Waals surface area contributed by atoms with Crippen LogP contribution in [0.3, 0.4) is 0 Å². The van der Waals surface area contributed by atoms with Gasteiger partial charge in [0.15, 0.2) is 5.96 Å². The lowest BCUT2D eigenvalue weighted by molar-refractivity contribution is 0.139. The van der Waals surface area contributed by atoms with Crippen LogP contribution in [0.1, 0.15) is 24.8 Å². The number of likely N-dealkylation sites (tertiary alicyclic amines) is 1. The molecule has 2 heterocycles. The minimum absolute atomic E-state index is 0.623. The maximum Gasteiger partial charge on any atom is 0.193 e. The molecule has 1 aromatic rings. The Morgan fingerprint density at radius 1 is 1.15 bits per heavy atom. The molecule has 5 nitrogen and oxygen atoms in total. The number of rotatable bonds is 5. The van der Waals surface area contributed by atoms with E-state index in [1.54, 1.807) is 0 Å². The van der Waals surface area contributed by atoms with Gasteiger partial charge < -0.3 is 20.0 Å². The van der Waals surface area contributed by atoms with Crippen molar-refractivity contribution in [1.29, 1.82) is 0 Å². The smallest absolute Gasteiger partial charge is 0.193 e. The zero-order chi connectivity index (χ0) is 18.4. The van der Waals surface area contributed by atoms with E-state index in [2.05, 4.69) is 69.3 Å². The van der Waals surface area contributed by atoms with Crippen LogP contribution in [0.15, 0.2) is 35.3 Å². The monoisotopic (exact) mass is 357 g/mol. The lowest BCUT2D eigenvalue weighted by atomic mass is 9.99. The van der Waals surface area contributed by atoms with E-state index in [4.69, 9.17) is 0 Å². The van der Waals surface area contributed by atoms with Gasteiger partial charge in [-0.2, -0.15) is 0 Å². The standard InChI is InChI=1S/C21H35N5/c1-18(16-25-13-11-24(3)12-14-25)15-23-21(22-2)26-10-9-20(17-26)19-7-5-4-6-8-19/h4-8,18,20H,9-17H2,1-3H3,(H,22,23). The van der Waals surface area contributed by atoms with Gasteiger partial charge in [-0.3, -0.25) is 4.99 Å². The van der Waals surface area contributed by atoms with Gasteiger partial charge in [0.05, 0.1) is 0 Å². The number of nitrogens with one attached hydrogen (secondary N) is 1. The Morgan fingerprint density at radius 2 is 1.88 bits per heavy atom. The van der Waals surface area contributed by atoms with Crippen LogP contribution in [0.2, 0.25) is 0 Å². The third-order valence-electron chi connectivity index (χ3n) is 5.74. The number of nitrogens with zero attached hydrogens (tertiary/aromatic N) is 4. The number of benzene rings is 1. The second-order valence-electron chi connectivity index (χ2n) is 7.98. The molecule has 2 saturated heterocycles. The maximum atomic E-state index is 4.54. The Hall–Kier alpha value is -1.59. The van der Waals surface area contributed by atoms with Crippen LogP contribution >= 0.6 is 0 Å². The molecule has 2 fully saturated rings. The number of hydrogen-bond donors (Lipinski definition) is 1. The predicted molar refractivity (Wildman–Crippen MR) is 110 cm³/mol. The second-order valence-corrected chi connectivity index (χ2v) is 7.98. The summed E-state index contributed by atoms with van der Waals surface area (Å²) >= 11 is 0. The van der Waals surface area contributed by atoms with E-state index < -0.39 is 0 Å². The fourth-order valence-corrected chi connectivity index (χ4v) is 4.08. The SMILES string of the molecule is CN=C(NCC(C)CN1CCN(C)CC1)N1CCC(c2ccccc2)C1. The van der Waals surface area contributed by atoms with Crippen LogP contribution in [0.5, 0.6) is 0 Å². The van der Waals surface area contributed by atoms with E-state index in [0.29, 0.717) is 11.8 Å². The number of guanidine groups is 1. The number of hydrogen-bond acceptors (Lipinski definition) is 3. The molecule has 2 unspecified atom stereocenters. The first-order valence-electron chi connectivity index (χ1n) is 10.1. The van der Waals surface area contributed by atoms with Crippen LogP contribution in [0.25, 0.3) is 0 Å². The molecule has 144 valence electrons. The molecule has 0 spiro atoms. The van der Waals surface area contributed by atoms with E-state index in [9.17, 15) is 0 Å². The van der Waals surface area contributed by atoms with Crippen LogP contribution in [-0.4, -0.2) is 87.1 Å². The summed E-state index contributed by atoms with van der Waals surface area (Å²) in [5.41, 5.74) is 1.45. The first-order valence-corrected chi connectivity index (χ1v) is 10.1. The van der Waals surface area contributed by atoms with E-state index in [1.807, 2.05) is 7.05 Å². The zero-order valence-electron chi connectivity index (χ0n) is 16.7. The average molecular weight is 358 g/mol. The van der Waals surface area contributed by atoms with Gasteiger partial charge in [-0.15, -0.1) is 0 Å². The zero-order valence-corrected chi connectivity index (χ0v) is 16.7. The predicted octanol–water partition coefficient (Wildman–Crippen LogP) is 1.93. The van der Waals surface area contributed by atoms with Crippen LogP contribution in [0, 0.1) is 5.92 Å². The van der Waals surface area contributed by atoms with E-state index in [1.165, 1.54) is 44.7 Å². The highest BCUT2D eigenvalue weighted by atomic mass is 15.3. The molecule has 0 amide bonds. The molecule has 2 aliphatic rings. The summed E-state index contributed by atoms with van der Waals surface area (Å²) in [6, 6.07) is 10.9. The number of likely N-dealkylation sites (N-methyl/N-ethyl adjacent to an activating group) is 1. The van der Waals surface area contributed by atoms with E-state index in [0.717, 1.165) is 25.6 Å². The number of piperazine rings is 1. The van der Waals surface area contributed by atoms with Crippen LogP contribution < -0.4 is 5.32 Å². The van der Waals surface area contributed by atoms with Crippen molar-refractivity contribution < 1.29 is 0 Å². The lowest BCUT2D eigenvalue weighted by Crippen LogP contribution is -2.48. The second kappa shape index (κ2) is 9.38. The van der Waals surface area contributed by atoms with Crippen molar-refractivity contribution in [3.05, 3.63) is 35.9 Å². The highest BCUT2D eigenvalue weighted by Crippen LogP contribution is 2.26. The Balaban J connectivity index is 1.43. The molecule has 0 saturated carbocycles. The third-order valence-corrected chi connectivity index (χ3v) is 5.74. The van der Waals surface area contributed by atoms with Gasteiger partial charge in [0, 0.05) is 65.3 Å².